The van der Waals surface area contributed by atoms with Crippen molar-refractivity contribution in [3.05, 3.63) is 0 Å². The molecule has 4 heteroatoms. The number of hydrogen-bond donors (Lipinski definition) is 0. The van der Waals surface area contributed by atoms with Gasteiger partial charge in [-0.25, -0.2) is 0 Å². The average Bonchev–Trinajstić information content (AvgIpc) is 2.25. The molecule has 0 aromatic heterocycles. The highest BCUT2D eigenvalue weighted by Gasteiger charge is 2.17. The molecule has 17 heavy (non-hydrogen) atoms. The number of ether oxygens (including phenoxy) is 2. The molecule has 0 N–H and O–H groups in total. The maximum absolute atomic E-state index is 11.5. The molecule has 0 spiro atoms. The van der Waals surface area contributed by atoms with Gasteiger partial charge >= 0.3 is 11.9 Å². The Kier molecular flexibility index (Phi) is 8.46. The minimum atomic E-state index is -0.254. The number of carbonyl (C=O) groups excluding carboxylic acids is 2. The van der Waals surface area contributed by atoms with Crippen LogP contribution in [0.4, 0.5) is 0 Å². The van der Waals surface area contributed by atoms with Gasteiger partial charge < -0.3 is 9.47 Å². The first-order chi connectivity index (χ1) is 7.97. The molecule has 0 saturated heterocycles. The van der Waals surface area contributed by atoms with Crippen LogP contribution in [0, 0.1) is 5.92 Å². The van der Waals surface area contributed by atoms with E-state index in [0.29, 0.717) is 13.0 Å². The Morgan fingerprint density at radius 1 is 1.18 bits per heavy atom. The maximum atomic E-state index is 11.5. The van der Waals surface area contributed by atoms with Gasteiger partial charge in [0.25, 0.3) is 0 Å². The van der Waals surface area contributed by atoms with Gasteiger partial charge in [-0.15, -0.1) is 0 Å². The van der Waals surface area contributed by atoms with Crippen LogP contribution in [0.15, 0.2) is 0 Å². The average molecular weight is 244 g/mol. The van der Waals surface area contributed by atoms with E-state index in [1.54, 1.807) is 6.92 Å². The maximum Gasteiger partial charge on any atom is 0.308 e. The van der Waals surface area contributed by atoms with E-state index in [2.05, 4.69) is 0 Å². The second kappa shape index (κ2) is 9.02. The molecule has 0 aliphatic heterocycles. The molecule has 1 atom stereocenters. The fourth-order valence-corrected chi connectivity index (χ4v) is 1.20. The molecule has 0 fully saturated rings. The van der Waals surface area contributed by atoms with Crippen molar-refractivity contribution >= 4 is 11.9 Å². The molecular weight excluding hydrogens is 220 g/mol. The fraction of sp³-hybridized carbons (Fsp3) is 0.846. The number of rotatable bonds is 8. The zero-order valence-corrected chi connectivity index (χ0v) is 11.3. The molecule has 0 bridgehead atoms. The summed E-state index contributed by atoms with van der Waals surface area (Å²) < 4.78 is 10.1. The first kappa shape index (κ1) is 15.9. The van der Waals surface area contributed by atoms with Gasteiger partial charge in [0.1, 0.15) is 0 Å². The molecule has 0 aliphatic rings. The smallest absolute Gasteiger partial charge is 0.308 e. The van der Waals surface area contributed by atoms with E-state index in [1.165, 1.54) is 0 Å². The lowest BCUT2D eigenvalue weighted by Gasteiger charge is -2.13. The van der Waals surface area contributed by atoms with Crippen molar-refractivity contribution in [1.82, 2.24) is 0 Å². The molecule has 0 aromatic rings. The van der Waals surface area contributed by atoms with Crippen LogP contribution in [0.1, 0.15) is 53.4 Å². The Morgan fingerprint density at radius 3 is 2.35 bits per heavy atom. The molecule has 4 nitrogen and oxygen atoms in total. The highest BCUT2D eigenvalue weighted by molar-refractivity contribution is 5.74. The van der Waals surface area contributed by atoms with Crippen LogP contribution >= 0.6 is 0 Å². The monoisotopic (exact) mass is 244 g/mol. The third-order valence-corrected chi connectivity index (χ3v) is 2.30. The number of carbonyl (C=O) groups is 2. The van der Waals surface area contributed by atoms with Gasteiger partial charge in [-0.05, 0) is 26.7 Å². The number of unbranched alkanes of at least 4 members (excludes halogenated alkanes) is 1. The summed E-state index contributed by atoms with van der Waals surface area (Å²) in [6.45, 7) is 7.90. The highest BCUT2D eigenvalue weighted by atomic mass is 16.5. The summed E-state index contributed by atoms with van der Waals surface area (Å²) in [5.74, 6) is -0.736. The Balaban J connectivity index is 3.71. The van der Waals surface area contributed by atoms with Crippen molar-refractivity contribution in [2.24, 2.45) is 5.92 Å². The third-order valence-electron chi connectivity index (χ3n) is 2.30. The lowest BCUT2D eigenvalue weighted by molar-refractivity contribution is -0.152. The molecule has 0 radical (unpaired) electrons. The van der Waals surface area contributed by atoms with E-state index >= 15 is 0 Å². The van der Waals surface area contributed by atoms with Crippen molar-refractivity contribution in [2.75, 3.05) is 6.61 Å². The fourth-order valence-electron chi connectivity index (χ4n) is 1.20. The summed E-state index contributed by atoms with van der Waals surface area (Å²) in [6.07, 6.45) is 2.54. The van der Waals surface area contributed by atoms with E-state index in [-0.39, 0.29) is 30.4 Å². The molecule has 0 rings (SSSR count). The Hall–Kier alpha value is -1.06. The van der Waals surface area contributed by atoms with Gasteiger partial charge in [0.05, 0.1) is 18.6 Å². The first-order valence-corrected chi connectivity index (χ1v) is 6.33. The topological polar surface area (TPSA) is 52.6 Å². The third kappa shape index (κ3) is 8.72. The van der Waals surface area contributed by atoms with Crippen LogP contribution in [0.5, 0.6) is 0 Å². The van der Waals surface area contributed by atoms with Gasteiger partial charge in [0.2, 0.25) is 0 Å². The minimum Gasteiger partial charge on any atom is -0.466 e. The molecule has 0 aliphatic carbocycles. The SMILES string of the molecule is CCCCOC(=O)CCC(C)C(=O)OC(C)C. The van der Waals surface area contributed by atoms with Crippen LogP contribution in [0.3, 0.4) is 0 Å². The van der Waals surface area contributed by atoms with Crippen molar-refractivity contribution in [3.63, 3.8) is 0 Å². The Morgan fingerprint density at radius 2 is 1.82 bits per heavy atom. The predicted molar refractivity (Wildman–Crippen MR) is 65.5 cm³/mol. The summed E-state index contributed by atoms with van der Waals surface area (Å²) >= 11 is 0. The summed E-state index contributed by atoms with van der Waals surface area (Å²) in [6, 6.07) is 0. The van der Waals surface area contributed by atoms with Crippen LogP contribution in [0.2, 0.25) is 0 Å². The van der Waals surface area contributed by atoms with E-state index in [4.69, 9.17) is 9.47 Å². The van der Waals surface area contributed by atoms with E-state index in [0.717, 1.165) is 12.8 Å². The molecule has 1 unspecified atom stereocenters. The van der Waals surface area contributed by atoms with Crippen molar-refractivity contribution in [2.45, 2.75) is 59.5 Å². The van der Waals surface area contributed by atoms with Gasteiger partial charge in [-0.1, -0.05) is 20.3 Å². The summed E-state index contributed by atoms with van der Waals surface area (Å²) in [4.78, 5) is 22.7. The van der Waals surface area contributed by atoms with Crippen LogP contribution < -0.4 is 0 Å². The number of esters is 2. The van der Waals surface area contributed by atoms with E-state index in [9.17, 15) is 9.59 Å². The van der Waals surface area contributed by atoms with E-state index < -0.39 is 0 Å². The lowest BCUT2D eigenvalue weighted by atomic mass is 10.1. The predicted octanol–water partition coefficient (Wildman–Crippen LogP) is 2.70. The molecule has 0 aromatic carbocycles. The molecular formula is C13H24O4. The first-order valence-electron chi connectivity index (χ1n) is 6.33. The van der Waals surface area contributed by atoms with Crippen molar-refractivity contribution < 1.29 is 19.1 Å². The minimum absolute atomic E-state index is 0.110. The zero-order valence-electron chi connectivity index (χ0n) is 11.3. The van der Waals surface area contributed by atoms with Gasteiger partial charge in [-0.3, -0.25) is 9.59 Å². The normalized spacial score (nSPS) is 12.3. The second-order valence-corrected chi connectivity index (χ2v) is 4.50. The summed E-state index contributed by atoms with van der Waals surface area (Å²) in [5, 5.41) is 0. The van der Waals surface area contributed by atoms with Crippen LogP contribution in [0.25, 0.3) is 0 Å². The summed E-state index contributed by atoms with van der Waals surface area (Å²) in [7, 11) is 0. The number of hydrogen-bond acceptors (Lipinski definition) is 4. The largest absolute Gasteiger partial charge is 0.466 e. The molecule has 0 saturated carbocycles. The van der Waals surface area contributed by atoms with Gasteiger partial charge in [0, 0.05) is 6.42 Å². The standard InChI is InChI=1S/C13H24O4/c1-5-6-9-16-12(14)8-7-11(4)13(15)17-10(2)3/h10-11H,5-9H2,1-4H3. The molecule has 0 heterocycles. The summed E-state index contributed by atoms with van der Waals surface area (Å²) in [5.41, 5.74) is 0. The van der Waals surface area contributed by atoms with Gasteiger partial charge in [-0.2, -0.15) is 0 Å². The Labute approximate surface area is 104 Å². The van der Waals surface area contributed by atoms with Crippen molar-refractivity contribution in [1.29, 1.82) is 0 Å². The van der Waals surface area contributed by atoms with Crippen LogP contribution in [-0.2, 0) is 19.1 Å². The van der Waals surface area contributed by atoms with Crippen LogP contribution in [-0.4, -0.2) is 24.6 Å². The lowest BCUT2D eigenvalue weighted by Crippen LogP contribution is -2.20. The van der Waals surface area contributed by atoms with E-state index in [1.807, 2.05) is 20.8 Å². The highest BCUT2D eigenvalue weighted by Crippen LogP contribution is 2.10. The zero-order chi connectivity index (χ0) is 13.3. The second-order valence-electron chi connectivity index (χ2n) is 4.50. The molecule has 0 amide bonds. The van der Waals surface area contributed by atoms with Gasteiger partial charge in [0.15, 0.2) is 0 Å². The molecule has 100 valence electrons. The van der Waals surface area contributed by atoms with Crippen molar-refractivity contribution in [3.8, 4) is 0 Å². The quantitative estimate of drug-likeness (QED) is 0.486. The Bertz CT molecular complexity index is 236.